The molecule has 2 aromatic rings. The smallest absolute Gasteiger partial charge is 0.252 e. The van der Waals surface area contributed by atoms with Crippen molar-refractivity contribution in [3.05, 3.63) is 53.3 Å². The zero-order chi connectivity index (χ0) is 17.4. The van der Waals surface area contributed by atoms with E-state index in [1.54, 1.807) is 12.4 Å². The van der Waals surface area contributed by atoms with Gasteiger partial charge in [0.05, 0.1) is 17.4 Å². The van der Waals surface area contributed by atoms with Gasteiger partial charge in [0.15, 0.2) is 0 Å². The maximum Gasteiger partial charge on any atom is 0.252 e. The Bertz CT molecular complexity index is 660. The summed E-state index contributed by atoms with van der Waals surface area (Å²) in [7, 11) is 0. The quantitative estimate of drug-likeness (QED) is 0.704. The summed E-state index contributed by atoms with van der Waals surface area (Å²) in [6, 6.07) is 8.23. The Labute approximate surface area is 144 Å². The number of rotatable bonds is 8. The van der Waals surface area contributed by atoms with Gasteiger partial charge in [0.1, 0.15) is 0 Å². The van der Waals surface area contributed by atoms with Crippen LogP contribution in [0, 0.1) is 0 Å². The van der Waals surface area contributed by atoms with Crippen LogP contribution in [-0.2, 0) is 12.8 Å². The van der Waals surface area contributed by atoms with E-state index in [4.69, 9.17) is 0 Å². The Morgan fingerprint density at radius 1 is 1.08 bits per heavy atom. The first kappa shape index (κ1) is 18.0. The number of nitrogens with zero attached hydrogens (tertiary/aromatic N) is 1. The number of hydrogen-bond acceptors (Lipinski definition) is 3. The molecule has 1 aromatic heterocycles. The number of carbonyl (C=O) groups is 1. The number of unbranched alkanes of at least 4 members (excludes halogenated alkanes) is 1. The molecule has 0 saturated carbocycles. The number of carbonyl (C=O) groups excluding carboxylic acids is 1. The van der Waals surface area contributed by atoms with Crippen molar-refractivity contribution in [2.75, 3.05) is 11.9 Å². The van der Waals surface area contributed by atoms with Crippen LogP contribution in [0.25, 0.3) is 0 Å². The molecule has 0 radical (unpaired) electrons. The predicted molar refractivity (Wildman–Crippen MR) is 100.0 cm³/mol. The Kier molecular flexibility index (Phi) is 6.79. The van der Waals surface area contributed by atoms with Gasteiger partial charge in [-0.05, 0) is 36.5 Å². The molecule has 4 nitrogen and oxygen atoms in total. The maximum absolute atomic E-state index is 12.2. The van der Waals surface area contributed by atoms with Gasteiger partial charge in [-0.25, -0.2) is 0 Å². The van der Waals surface area contributed by atoms with E-state index in [1.807, 2.05) is 6.07 Å². The molecule has 1 heterocycles. The standard InChI is InChI=1S/C20H27N3O/c1-4-7-11-22-20(24)17-12-18(14-21-13-17)23-19-15(5-2)9-8-10-16(19)6-3/h8-10,12-14,23H,4-7,11H2,1-3H3,(H,22,24). The van der Waals surface area contributed by atoms with Crippen LogP contribution >= 0.6 is 0 Å². The average Bonchev–Trinajstić information content (AvgIpc) is 2.62. The van der Waals surface area contributed by atoms with E-state index < -0.39 is 0 Å². The van der Waals surface area contributed by atoms with E-state index in [0.29, 0.717) is 12.1 Å². The van der Waals surface area contributed by atoms with Gasteiger partial charge in [-0.1, -0.05) is 45.4 Å². The first-order chi connectivity index (χ1) is 11.7. The van der Waals surface area contributed by atoms with Crippen LogP contribution in [0.15, 0.2) is 36.7 Å². The number of benzene rings is 1. The van der Waals surface area contributed by atoms with E-state index in [2.05, 4.69) is 54.6 Å². The highest BCUT2D eigenvalue weighted by molar-refractivity contribution is 5.94. The molecule has 0 fully saturated rings. The number of para-hydroxylation sites is 1. The Morgan fingerprint density at radius 3 is 2.42 bits per heavy atom. The molecule has 1 amide bonds. The molecule has 1 aromatic carbocycles. The predicted octanol–water partition coefficient (Wildman–Crippen LogP) is 4.48. The van der Waals surface area contributed by atoms with E-state index in [1.165, 1.54) is 11.1 Å². The zero-order valence-electron chi connectivity index (χ0n) is 14.9. The monoisotopic (exact) mass is 325 g/mol. The Balaban J connectivity index is 2.20. The molecule has 0 aliphatic heterocycles. The molecule has 0 aliphatic carbocycles. The molecule has 0 spiro atoms. The highest BCUT2D eigenvalue weighted by atomic mass is 16.1. The Hall–Kier alpha value is -2.36. The lowest BCUT2D eigenvalue weighted by molar-refractivity contribution is 0.0953. The topological polar surface area (TPSA) is 54.0 Å². The first-order valence-corrected chi connectivity index (χ1v) is 8.80. The van der Waals surface area contributed by atoms with Gasteiger partial charge in [0.25, 0.3) is 5.91 Å². The third-order valence-corrected chi connectivity index (χ3v) is 4.08. The molecule has 0 saturated heterocycles. The van der Waals surface area contributed by atoms with Crippen molar-refractivity contribution in [1.29, 1.82) is 0 Å². The minimum Gasteiger partial charge on any atom is -0.354 e. The molecule has 2 N–H and O–H groups in total. The van der Waals surface area contributed by atoms with Crippen LogP contribution in [-0.4, -0.2) is 17.4 Å². The second kappa shape index (κ2) is 9.06. The molecule has 2 rings (SSSR count). The number of pyridine rings is 1. The lowest BCUT2D eigenvalue weighted by Gasteiger charge is -2.15. The molecule has 24 heavy (non-hydrogen) atoms. The summed E-state index contributed by atoms with van der Waals surface area (Å²) >= 11 is 0. The summed E-state index contributed by atoms with van der Waals surface area (Å²) in [5, 5.41) is 6.39. The van der Waals surface area contributed by atoms with Gasteiger partial charge in [0, 0.05) is 18.4 Å². The SMILES string of the molecule is CCCCNC(=O)c1cncc(Nc2c(CC)cccc2CC)c1. The lowest BCUT2D eigenvalue weighted by Crippen LogP contribution is -2.24. The summed E-state index contributed by atoms with van der Waals surface area (Å²) in [5.74, 6) is -0.0703. The second-order valence-corrected chi connectivity index (χ2v) is 5.86. The van der Waals surface area contributed by atoms with Crippen LogP contribution in [0.4, 0.5) is 11.4 Å². The average molecular weight is 325 g/mol. The molecule has 128 valence electrons. The fourth-order valence-electron chi connectivity index (χ4n) is 2.66. The molecular formula is C20H27N3O. The summed E-state index contributed by atoms with van der Waals surface area (Å²) in [6.07, 6.45) is 7.34. The second-order valence-electron chi connectivity index (χ2n) is 5.86. The number of nitrogens with one attached hydrogen (secondary N) is 2. The van der Waals surface area contributed by atoms with Crippen molar-refractivity contribution < 1.29 is 4.79 Å². The fraction of sp³-hybridized carbons (Fsp3) is 0.400. The number of hydrogen-bond donors (Lipinski definition) is 2. The van der Waals surface area contributed by atoms with Gasteiger partial charge in [0.2, 0.25) is 0 Å². The van der Waals surface area contributed by atoms with Crippen LogP contribution in [0.3, 0.4) is 0 Å². The normalized spacial score (nSPS) is 10.5. The van der Waals surface area contributed by atoms with Crippen molar-refractivity contribution in [3.63, 3.8) is 0 Å². The summed E-state index contributed by atoms with van der Waals surface area (Å²) in [4.78, 5) is 16.4. The fourth-order valence-corrected chi connectivity index (χ4v) is 2.66. The minimum absolute atomic E-state index is 0.0703. The summed E-state index contributed by atoms with van der Waals surface area (Å²) in [5.41, 5.74) is 5.10. The van der Waals surface area contributed by atoms with Gasteiger partial charge >= 0.3 is 0 Å². The number of aryl methyl sites for hydroxylation is 2. The van der Waals surface area contributed by atoms with Crippen LogP contribution in [0.2, 0.25) is 0 Å². The van der Waals surface area contributed by atoms with Crippen molar-refractivity contribution in [1.82, 2.24) is 10.3 Å². The summed E-state index contributed by atoms with van der Waals surface area (Å²) in [6.45, 7) is 7.10. The lowest BCUT2D eigenvalue weighted by atomic mass is 10.0. The molecule has 0 bridgehead atoms. The molecule has 0 aliphatic rings. The van der Waals surface area contributed by atoms with E-state index in [9.17, 15) is 4.79 Å². The third kappa shape index (κ3) is 4.57. The van der Waals surface area contributed by atoms with Gasteiger partial charge in [-0.3, -0.25) is 9.78 Å². The maximum atomic E-state index is 12.2. The number of amides is 1. The van der Waals surface area contributed by atoms with Gasteiger partial charge < -0.3 is 10.6 Å². The molecule has 0 atom stereocenters. The highest BCUT2D eigenvalue weighted by Crippen LogP contribution is 2.26. The van der Waals surface area contributed by atoms with E-state index >= 15 is 0 Å². The van der Waals surface area contributed by atoms with E-state index in [0.717, 1.165) is 37.1 Å². The number of aromatic nitrogens is 1. The first-order valence-electron chi connectivity index (χ1n) is 8.80. The van der Waals surface area contributed by atoms with Crippen LogP contribution in [0.1, 0.15) is 55.1 Å². The minimum atomic E-state index is -0.0703. The van der Waals surface area contributed by atoms with Gasteiger partial charge in [-0.2, -0.15) is 0 Å². The van der Waals surface area contributed by atoms with Crippen LogP contribution in [0.5, 0.6) is 0 Å². The molecular weight excluding hydrogens is 298 g/mol. The van der Waals surface area contributed by atoms with Crippen molar-refractivity contribution in [3.8, 4) is 0 Å². The van der Waals surface area contributed by atoms with Crippen molar-refractivity contribution in [2.24, 2.45) is 0 Å². The van der Waals surface area contributed by atoms with Crippen molar-refractivity contribution >= 4 is 17.3 Å². The highest BCUT2D eigenvalue weighted by Gasteiger charge is 2.09. The molecule has 0 unspecified atom stereocenters. The van der Waals surface area contributed by atoms with Crippen molar-refractivity contribution in [2.45, 2.75) is 46.5 Å². The van der Waals surface area contributed by atoms with Crippen LogP contribution < -0.4 is 10.6 Å². The van der Waals surface area contributed by atoms with E-state index in [-0.39, 0.29) is 5.91 Å². The third-order valence-electron chi connectivity index (χ3n) is 4.08. The largest absolute Gasteiger partial charge is 0.354 e. The zero-order valence-corrected chi connectivity index (χ0v) is 14.9. The summed E-state index contributed by atoms with van der Waals surface area (Å²) < 4.78 is 0. The number of anilines is 2. The Morgan fingerprint density at radius 2 is 1.79 bits per heavy atom. The molecule has 4 heteroatoms. The van der Waals surface area contributed by atoms with Gasteiger partial charge in [-0.15, -0.1) is 0 Å².